The van der Waals surface area contributed by atoms with Crippen LogP contribution in [0.1, 0.15) is 24.4 Å². The van der Waals surface area contributed by atoms with Gasteiger partial charge >= 0.3 is 12.0 Å². The highest BCUT2D eigenvalue weighted by molar-refractivity contribution is 5.98. The van der Waals surface area contributed by atoms with Gasteiger partial charge in [-0.2, -0.15) is 0 Å². The molecule has 33 heavy (non-hydrogen) atoms. The first-order valence-electron chi connectivity index (χ1n) is 10.2. The van der Waals surface area contributed by atoms with Gasteiger partial charge in [-0.25, -0.2) is 4.79 Å². The van der Waals surface area contributed by atoms with Gasteiger partial charge in [0.05, 0.1) is 26.2 Å². The molecule has 1 heterocycles. The maximum Gasteiger partial charge on any atom is 0.318 e. The van der Waals surface area contributed by atoms with Crippen molar-refractivity contribution >= 4 is 29.5 Å². The van der Waals surface area contributed by atoms with Crippen molar-refractivity contribution in [2.24, 2.45) is 11.7 Å². The third-order valence-corrected chi connectivity index (χ3v) is 5.32. The molecule has 10 nitrogen and oxygen atoms in total. The fourth-order valence-electron chi connectivity index (χ4n) is 3.87. The van der Waals surface area contributed by atoms with E-state index in [1.165, 1.54) is 12.0 Å². The highest BCUT2D eigenvalue weighted by atomic mass is 16.5. The molecule has 2 atom stereocenters. The summed E-state index contributed by atoms with van der Waals surface area (Å²) in [6.45, 7) is -0.673. The molecule has 1 aliphatic rings. The SMILES string of the molecule is COc1ccc(N2C(=O)CCC(C(=O)OCC(=O)NC(N)=O)C2c2ccccc2OC)cc1. The van der Waals surface area contributed by atoms with E-state index >= 15 is 0 Å². The Hall–Kier alpha value is -4.08. The molecule has 0 bridgehead atoms. The predicted molar refractivity (Wildman–Crippen MR) is 118 cm³/mol. The van der Waals surface area contributed by atoms with Gasteiger partial charge in [-0.05, 0) is 36.8 Å². The lowest BCUT2D eigenvalue weighted by atomic mass is 9.83. The van der Waals surface area contributed by atoms with Crippen LogP contribution in [0.25, 0.3) is 0 Å². The summed E-state index contributed by atoms with van der Waals surface area (Å²) in [5.74, 6) is -1.37. The molecule has 2 aromatic carbocycles. The van der Waals surface area contributed by atoms with Crippen LogP contribution in [0.3, 0.4) is 0 Å². The number of ether oxygens (including phenoxy) is 3. The Morgan fingerprint density at radius 1 is 1.06 bits per heavy atom. The van der Waals surface area contributed by atoms with Crippen molar-refractivity contribution in [2.75, 3.05) is 25.7 Å². The summed E-state index contributed by atoms with van der Waals surface area (Å²) in [6.07, 6.45) is 0.315. The number of anilines is 1. The monoisotopic (exact) mass is 455 g/mol. The lowest BCUT2D eigenvalue weighted by molar-refractivity contribution is -0.154. The van der Waals surface area contributed by atoms with Gasteiger partial charge in [-0.1, -0.05) is 18.2 Å². The summed E-state index contributed by atoms with van der Waals surface area (Å²) in [5, 5.41) is 1.84. The van der Waals surface area contributed by atoms with Crippen LogP contribution in [0.5, 0.6) is 11.5 Å². The van der Waals surface area contributed by atoms with Crippen LogP contribution < -0.4 is 25.4 Å². The van der Waals surface area contributed by atoms with Gasteiger partial charge in [0.25, 0.3) is 5.91 Å². The number of hydrogen-bond acceptors (Lipinski definition) is 7. The standard InChI is InChI=1S/C23H25N3O7/c1-31-15-9-7-14(8-10-15)26-20(28)12-11-17(22(29)33-13-19(27)25-23(24)30)21(26)16-5-3-4-6-18(16)32-2/h3-10,17,21H,11-13H2,1-2H3,(H3,24,25,27,30). The molecule has 1 fully saturated rings. The number of carbonyl (C=O) groups excluding carboxylic acids is 4. The molecule has 10 heteroatoms. The summed E-state index contributed by atoms with van der Waals surface area (Å²) in [4.78, 5) is 50.2. The highest BCUT2D eigenvalue weighted by Crippen LogP contribution is 2.43. The van der Waals surface area contributed by atoms with E-state index in [1.54, 1.807) is 55.6 Å². The number of rotatable bonds is 7. The number of urea groups is 1. The Morgan fingerprint density at radius 3 is 2.39 bits per heavy atom. The van der Waals surface area contributed by atoms with Gasteiger partial charge in [0, 0.05) is 17.7 Å². The van der Waals surface area contributed by atoms with Crippen molar-refractivity contribution in [1.29, 1.82) is 0 Å². The van der Waals surface area contributed by atoms with Gasteiger partial charge in [-0.3, -0.25) is 19.7 Å². The minimum Gasteiger partial charge on any atom is -0.497 e. The Kier molecular flexibility index (Phi) is 7.50. The van der Waals surface area contributed by atoms with E-state index in [4.69, 9.17) is 19.9 Å². The molecule has 0 radical (unpaired) electrons. The molecule has 174 valence electrons. The second-order valence-electron chi connectivity index (χ2n) is 7.31. The smallest absolute Gasteiger partial charge is 0.318 e. The third-order valence-electron chi connectivity index (χ3n) is 5.32. The first kappa shape index (κ1) is 23.6. The summed E-state index contributed by atoms with van der Waals surface area (Å²) in [6, 6.07) is 12.2. The van der Waals surface area contributed by atoms with E-state index in [-0.39, 0.29) is 18.7 Å². The molecule has 0 aromatic heterocycles. The van der Waals surface area contributed by atoms with E-state index in [0.717, 1.165) is 0 Å². The Bertz CT molecular complexity index is 1040. The van der Waals surface area contributed by atoms with Crippen LogP contribution in [0, 0.1) is 5.92 Å². The van der Waals surface area contributed by atoms with E-state index in [2.05, 4.69) is 0 Å². The Morgan fingerprint density at radius 2 is 1.76 bits per heavy atom. The van der Waals surface area contributed by atoms with Crippen molar-refractivity contribution < 1.29 is 33.4 Å². The number of nitrogens with two attached hydrogens (primary N) is 1. The normalized spacial score (nSPS) is 17.8. The largest absolute Gasteiger partial charge is 0.497 e. The van der Waals surface area contributed by atoms with Crippen molar-refractivity contribution in [3.05, 3.63) is 54.1 Å². The number of amides is 4. The van der Waals surface area contributed by atoms with Crippen molar-refractivity contribution in [1.82, 2.24) is 5.32 Å². The van der Waals surface area contributed by atoms with Gasteiger partial charge in [0.2, 0.25) is 5.91 Å². The van der Waals surface area contributed by atoms with E-state index in [0.29, 0.717) is 22.7 Å². The molecule has 1 saturated heterocycles. The molecule has 2 aromatic rings. The molecule has 1 aliphatic heterocycles. The number of nitrogens with one attached hydrogen (secondary N) is 1. The minimum absolute atomic E-state index is 0.102. The fourth-order valence-corrected chi connectivity index (χ4v) is 3.87. The van der Waals surface area contributed by atoms with Crippen LogP contribution >= 0.6 is 0 Å². The zero-order valence-electron chi connectivity index (χ0n) is 18.3. The summed E-state index contributed by atoms with van der Waals surface area (Å²) >= 11 is 0. The van der Waals surface area contributed by atoms with Crippen molar-refractivity contribution in [3.8, 4) is 11.5 Å². The maximum atomic E-state index is 13.1. The molecule has 4 amide bonds. The molecular formula is C23H25N3O7. The van der Waals surface area contributed by atoms with Crippen molar-refractivity contribution in [3.63, 3.8) is 0 Å². The predicted octanol–water partition coefficient (Wildman–Crippen LogP) is 1.93. The first-order valence-corrected chi connectivity index (χ1v) is 10.2. The van der Waals surface area contributed by atoms with E-state index < -0.39 is 36.5 Å². The topological polar surface area (TPSA) is 137 Å². The Balaban J connectivity index is 1.98. The molecular weight excluding hydrogens is 430 g/mol. The quantitative estimate of drug-likeness (QED) is 0.609. The second-order valence-corrected chi connectivity index (χ2v) is 7.31. The number of methoxy groups -OCH3 is 2. The van der Waals surface area contributed by atoms with Gasteiger partial charge < -0.3 is 24.8 Å². The average Bonchev–Trinajstić information content (AvgIpc) is 2.82. The maximum absolute atomic E-state index is 13.1. The number of benzene rings is 2. The minimum atomic E-state index is -1.04. The van der Waals surface area contributed by atoms with Crippen LogP contribution in [0.15, 0.2) is 48.5 Å². The Labute approximate surface area is 190 Å². The number of imide groups is 1. The highest BCUT2D eigenvalue weighted by Gasteiger charge is 2.43. The number of nitrogens with zero attached hydrogens (tertiary/aromatic N) is 1. The third kappa shape index (κ3) is 5.40. The molecule has 0 aliphatic carbocycles. The molecule has 3 N–H and O–H groups in total. The number of primary amides is 1. The van der Waals surface area contributed by atoms with Gasteiger partial charge in [-0.15, -0.1) is 0 Å². The van der Waals surface area contributed by atoms with Crippen LogP contribution in [0.2, 0.25) is 0 Å². The summed E-state index contributed by atoms with van der Waals surface area (Å²) in [5.41, 5.74) is 6.10. The van der Waals surface area contributed by atoms with Crippen LogP contribution in [-0.2, 0) is 19.1 Å². The molecule has 3 rings (SSSR count). The summed E-state index contributed by atoms with van der Waals surface area (Å²) in [7, 11) is 3.04. The first-order chi connectivity index (χ1) is 15.8. The number of carbonyl (C=O) groups is 4. The average molecular weight is 455 g/mol. The lowest BCUT2D eigenvalue weighted by Crippen LogP contribution is -2.46. The van der Waals surface area contributed by atoms with Crippen LogP contribution in [-0.4, -0.2) is 44.6 Å². The van der Waals surface area contributed by atoms with Gasteiger partial charge in [0.15, 0.2) is 6.61 Å². The number of para-hydroxylation sites is 1. The number of hydrogen-bond donors (Lipinski definition) is 2. The number of esters is 1. The van der Waals surface area contributed by atoms with Crippen LogP contribution in [0.4, 0.5) is 10.5 Å². The molecule has 0 saturated carbocycles. The fraction of sp³-hybridized carbons (Fsp3) is 0.304. The molecule has 2 unspecified atom stereocenters. The molecule has 0 spiro atoms. The zero-order valence-corrected chi connectivity index (χ0v) is 18.3. The van der Waals surface area contributed by atoms with E-state index in [1.807, 2.05) is 5.32 Å². The zero-order chi connectivity index (χ0) is 24.0. The lowest BCUT2D eigenvalue weighted by Gasteiger charge is -2.40. The second kappa shape index (κ2) is 10.5. The van der Waals surface area contributed by atoms with Gasteiger partial charge in [0.1, 0.15) is 11.5 Å². The summed E-state index contributed by atoms with van der Waals surface area (Å²) < 4.78 is 15.9. The van der Waals surface area contributed by atoms with E-state index in [9.17, 15) is 19.2 Å². The number of piperidine rings is 1. The van der Waals surface area contributed by atoms with Crippen molar-refractivity contribution in [2.45, 2.75) is 18.9 Å².